The smallest absolute Gasteiger partial charge is 0.255 e. The summed E-state index contributed by atoms with van der Waals surface area (Å²) in [6.07, 6.45) is 0. The molecule has 0 bridgehead atoms. The summed E-state index contributed by atoms with van der Waals surface area (Å²) in [6, 6.07) is 6.01. The molecule has 0 radical (unpaired) electrons. The van der Waals surface area contributed by atoms with Gasteiger partial charge in [0.05, 0.1) is 22.8 Å². The Morgan fingerprint density at radius 1 is 1.25 bits per heavy atom. The summed E-state index contributed by atoms with van der Waals surface area (Å²) in [6.45, 7) is 1.39. The molecule has 0 aliphatic rings. The minimum absolute atomic E-state index is 0.00347. The first-order valence-electron chi connectivity index (χ1n) is 6.11. The number of rotatable bonds is 5. The van der Waals surface area contributed by atoms with Crippen LogP contribution in [0.1, 0.15) is 17.3 Å². The normalized spacial score (nSPS) is 10.9. The van der Waals surface area contributed by atoms with E-state index in [2.05, 4.69) is 5.32 Å². The molecule has 0 atom stereocenters. The van der Waals surface area contributed by atoms with Gasteiger partial charge in [-0.1, -0.05) is 19.1 Å². The van der Waals surface area contributed by atoms with Gasteiger partial charge in [-0.15, -0.1) is 0 Å². The molecule has 110 valence electrons. The van der Waals surface area contributed by atoms with E-state index >= 15 is 0 Å². The molecule has 6 nitrogen and oxygen atoms in total. The van der Waals surface area contributed by atoms with Gasteiger partial charge in [0.15, 0.2) is 9.84 Å². The second-order valence-electron chi connectivity index (χ2n) is 4.23. The highest BCUT2D eigenvalue weighted by Gasteiger charge is 2.23. The number of likely N-dealkylation sites (N-methyl/N-ethyl adjacent to an activating group) is 2. The number of carbonyl (C=O) groups excluding carboxylic acids is 2. The van der Waals surface area contributed by atoms with Crippen LogP contribution in [-0.2, 0) is 14.6 Å². The van der Waals surface area contributed by atoms with Crippen molar-refractivity contribution in [2.24, 2.45) is 0 Å². The highest BCUT2D eigenvalue weighted by atomic mass is 32.2. The molecule has 0 unspecified atom stereocenters. The predicted octanol–water partition coefficient (Wildman–Crippen LogP) is 0.298. The lowest BCUT2D eigenvalue weighted by Gasteiger charge is -2.18. The van der Waals surface area contributed by atoms with Crippen LogP contribution in [0.2, 0.25) is 0 Å². The molecular formula is C13H18N2O4S. The lowest BCUT2D eigenvalue weighted by atomic mass is 10.2. The highest BCUT2D eigenvalue weighted by Crippen LogP contribution is 2.18. The monoisotopic (exact) mass is 298 g/mol. The predicted molar refractivity (Wildman–Crippen MR) is 75.2 cm³/mol. The van der Waals surface area contributed by atoms with Crippen molar-refractivity contribution in [3.05, 3.63) is 29.8 Å². The van der Waals surface area contributed by atoms with Gasteiger partial charge in [0.1, 0.15) is 0 Å². The third kappa shape index (κ3) is 3.57. The van der Waals surface area contributed by atoms with E-state index < -0.39 is 15.7 Å². The summed E-state index contributed by atoms with van der Waals surface area (Å²) < 4.78 is 24.0. The molecule has 2 amide bonds. The van der Waals surface area contributed by atoms with Crippen molar-refractivity contribution in [2.75, 3.05) is 26.4 Å². The van der Waals surface area contributed by atoms with Crippen LogP contribution in [0.3, 0.4) is 0 Å². The molecule has 1 aromatic carbocycles. The summed E-state index contributed by atoms with van der Waals surface area (Å²) >= 11 is 0. The number of hydrogen-bond acceptors (Lipinski definition) is 4. The number of amides is 2. The fourth-order valence-electron chi connectivity index (χ4n) is 1.64. The third-order valence-electron chi connectivity index (χ3n) is 2.84. The molecule has 0 heterocycles. The molecule has 0 spiro atoms. The molecule has 1 rings (SSSR count). The van der Waals surface area contributed by atoms with Crippen molar-refractivity contribution in [1.29, 1.82) is 0 Å². The summed E-state index contributed by atoms with van der Waals surface area (Å²) in [5.74, 6) is -0.908. The number of nitrogens with one attached hydrogen (secondary N) is 1. The molecule has 0 aromatic heterocycles. The van der Waals surface area contributed by atoms with Crippen LogP contribution in [0.5, 0.6) is 0 Å². The Labute approximate surface area is 118 Å². The van der Waals surface area contributed by atoms with Gasteiger partial charge in [-0.2, -0.15) is 0 Å². The maximum atomic E-state index is 12.3. The van der Waals surface area contributed by atoms with Gasteiger partial charge in [-0.25, -0.2) is 8.42 Å². The summed E-state index contributed by atoms with van der Waals surface area (Å²) in [7, 11) is -0.570. The molecule has 1 N–H and O–H groups in total. The van der Waals surface area contributed by atoms with Crippen LogP contribution >= 0.6 is 0 Å². The third-order valence-corrected chi connectivity index (χ3v) is 4.63. The van der Waals surface area contributed by atoms with E-state index in [0.717, 1.165) is 0 Å². The van der Waals surface area contributed by atoms with Gasteiger partial charge in [0, 0.05) is 14.1 Å². The second kappa shape index (κ2) is 6.51. The standard InChI is InChI=1S/C13H18N2O4S/c1-4-20(18,19)11-8-6-5-7-10(11)13(17)15(3)9-12(16)14-2/h5-8H,4,9H2,1-3H3,(H,14,16). The first kappa shape index (κ1) is 16.2. The first-order chi connectivity index (χ1) is 9.33. The van der Waals surface area contributed by atoms with E-state index in [-0.39, 0.29) is 28.7 Å². The topological polar surface area (TPSA) is 83.6 Å². The van der Waals surface area contributed by atoms with Crippen molar-refractivity contribution in [1.82, 2.24) is 10.2 Å². The number of nitrogens with zero attached hydrogens (tertiary/aromatic N) is 1. The lowest BCUT2D eigenvalue weighted by Crippen LogP contribution is -2.37. The van der Waals surface area contributed by atoms with Crippen molar-refractivity contribution >= 4 is 21.7 Å². The van der Waals surface area contributed by atoms with Crippen LogP contribution in [0.25, 0.3) is 0 Å². The van der Waals surface area contributed by atoms with Crippen molar-refractivity contribution < 1.29 is 18.0 Å². The maximum absolute atomic E-state index is 12.3. The number of carbonyl (C=O) groups is 2. The Morgan fingerprint density at radius 2 is 1.85 bits per heavy atom. The zero-order valence-electron chi connectivity index (χ0n) is 11.7. The molecule has 0 fully saturated rings. The average molecular weight is 298 g/mol. The van der Waals surface area contributed by atoms with Gasteiger partial charge < -0.3 is 10.2 Å². The summed E-state index contributed by atoms with van der Waals surface area (Å²) in [5, 5.41) is 2.41. The minimum Gasteiger partial charge on any atom is -0.358 e. The Kier molecular flexibility index (Phi) is 5.26. The summed E-state index contributed by atoms with van der Waals surface area (Å²) in [5.41, 5.74) is 0.0840. The molecule has 0 saturated carbocycles. The highest BCUT2D eigenvalue weighted by molar-refractivity contribution is 7.91. The Hall–Kier alpha value is -1.89. The van der Waals surface area contributed by atoms with Crippen LogP contribution in [0.4, 0.5) is 0 Å². The Bertz CT molecular complexity index is 611. The SMILES string of the molecule is CCS(=O)(=O)c1ccccc1C(=O)N(C)CC(=O)NC. The van der Waals surface area contributed by atoms with Crippen LogP contribution in [0.15, 0.2) is 29.2 Å². The van der Waals surface area contributed by atoms with Crippen LogP contribution < -0.4 is 5.32 Å². The van der Waals surface area contributed by atoms with E-state index in [1.165, 1.54) is 38.1 Å². The van der Waals surface area contributed by atoms with Gasteiger partial charge in [0.25, 0.3) is 5.91 Å². The lowest BCUT2D eigenvalue weighted by molar-refractivity contribution is -0.121. The largest absolute Gasteiger partial charge is 0.358 e. The number of hydrogen-bond donors (Lipinski definition) is 1. The minimum atomic E-state index is -3.49. The van der Waals surface area contributed by atoms with Gasteiger partial charge >= 0.3 is 0 Å². The van der Waals surface area contributed by atoms with E-state index in [1.54, 1.807) is 12.1 Å². The van der Waals surface area contributed by atoms with Gasteiger partial charge in [-0.05, 0) is 12.1 Å². The molecule has 0 saturated heterocycles. The van der Waals surface area contributed by atoms with Crippen molar-refractivity contribution in [2.45, 2.75) is 11.8 Å². The van der Waals surface area contributed by atoms with Crippen molar-refractivity contribution in [3.63, 3.8) is 0 Å². The fourth-order valence-corrected chi connectivity index (χ4v) is 2.73. The first-order valence-corrected chi connectivity index (χ1v) is 7.76. The Morgan fingerprint density at radius 3 is 2.40 bits per heavy atom. The number of sulfone groups is 1. The molecule has 7 heteroatoms. The average Bonchev–Trinajstić information content (AvgIpc) is 2.46. The molecule has 0 aliphatic heterocycles. The quantitative estimate of drug-likeness (QED) is 0.847. The molecule has 1 aromatic rings. The van der Waals surface area contributed by atoms with E-state index in [0.29, 0.717) is 0 Å². The van der Waals surface area contributed by atoms with Gasteiger partial charge in [-0.3, -0.25) is 9.59 Å². The molecule has 0 aliphatic carbocycles. The van der Waals surface area contributed by atoms with Gasteiger partial charge in [0.2, 0.25) is 5.91 Å². The van der Waals surface area contributed by atoms with Crippen LogP contribution in [-0.4, -0.2) is 51.5 Å². The summed E-state index contributed by atoms with van der Waals surface area (Å²) in [4.78, 5) is 24.7. The molecule has 20 heavy (non-hydrogen) atoms. The van der Waals surface area contributed by atoms with E-state index in [1.807, 2.05) is 0 Å². The number of benzene rings is 1. The van der Waals surface area contributed by atoms with Crippen molar-refractivity contribution in [3.8, 4) is 0 Å². The Balaban J connectivity index is 3.15. The van der Waals surface area contributed by atoms with E-state index in [9.17, 15) is 18.0 Å². The van der Waals surface area contributed by atoms with Crippen LogP contribution in [0, 0.1) is 0 Å². The fraction of sp³-hybridized carbons (Fsp3) is 0.385. The zero-order valence-corrected chi connectivity index (χ0v) is 12.5. The molecular weight excluding hydrogens is 280 g/mol. The zero-order chi connectivity index (χ0) is 15.3. The van der Waals surface area contributed by atoms with E-state index in [4.69, 9.17) is 0 Å². The second-order valence-corrected chi connectivity index (χ2v) is 6.48. The maximum Gasteiger partial charge on any atom is 0.255 e.